The van der Waals surface area contributed by atoms with Crippen LogP contribution in [0.1, 0.15) is 16.7 Å². The molecule has 0 saturated carbocycles. The van der Waals surface area contributed by atoms with Gasteiger partial charge < -0.3 is 14.4 Å². The van der Waals surface area contributed by atoms with Crippen LogP contribution < -0.4 is 9.47 Å². The molecule has 134 valence electrons. The van der Waals surface area contributed by atoms with Crippen LogP contribution in [0.2, 0.25) is 0 Å². The minimum absolute atomic E-state index is 0.192. The molecule has 0 spiro atoms. The summed E-state index contributed by atoms with van der Waals surface area (Å²) in [7, 11) is 0. The normalized spacial score (nSPS) is 19.2. The molecule has 1 fully saturated rings. The molecule has 2 aromatic rings. The van der Waals surface area contributed by atoms with Crippen molar-refractivity contribution in [3.8, 4) is 11.5 Å². The van der Waals surface area contributed by atoms with Gasteiger partial charge in [-0.25, -0.2) is 0 Å². The number of hydrogen-bond acceptors (Lipinski definition) is 4. The van der Waals surface area contributed by atoms with Gasteiger partial charge in [0, 0.05) is 32.2 Å². The molecule has 0 aliphatic carbocycles. The number of ether oxygens (including phenoxy) is 2. The Morgan fingerprint density at radius 2 is 1.85 bits per heavy atom. The van der Waals surface area contributed by atoms with E-state index in [4.69, 9.17) is 9.47 Å². The summed E-state index contributed by atoms with van der Waals surface area (Å²) in [5, 5.41) is 0. The van der Waals surface area contributed by atoms with Crippen molar-refractivity contribution >= 4 is 5.91 Å². The monoisotopic (exact) mass is 350 g/mol. The Labute approximate surface area is 153 Å². The first-order valence-electron chi connectivity index (χ1n) is 9.23. The largest absolute Gasteiger partial charge is 0.454 e. The number of likely N-dealkylation sites (tertiary alicyclic amines) is 1. The van der Waals surface area contributed by atoms with Gasteiger partial charge in [0.25, 0.3) is 0 Å². The molecule has 5 heteroatoms. The van der Waals surface area contributed by atoms with E-state index in [0.29, 0.717) is 12.5 Å². The first-order chi connectivity index (χ1) is 12.8. The second-order valence-electron chi connectivity index (χ2n) is 7.31. The van der Waals surface area contributed by atoms with Gasteiger partial charge in [0.05, 0.1) is 6.42 Å². The highest BCUT2D eigenvalue weighted by Gasteiger charge is 2.35. The highest BCUT2D eigenvalue weighted by Crippen LogP contribution is 2.33. The molecule has 5 rings (SSSR count). The number of benzene rings is 2. The maximum atomic E-state index is 12.6. The zero-order valence-electron chi connectivity index (χ0n) is 14.7. The number of carbonyl (C=O) groups is 1. The highest BCUT2D eigenvalue weighted by molar-refractivity contribution is 5.80. The van der Waals surface area contributed by atoms with Crippen LogP contribution in [0.3, 0.4) is 0 Å². The molecule has 1 saturated heterocycles. The Kier molecular flexibility index (Phi) is 3.82. The van der Waals surface area contributed by atoms with Crippen molar-refractivity contribution in [1.29, 1.82) is 0 Å². The molecule has 26 heavy (non-hydrogen) atoms. The number of carbonyl (C=O) groups excluding carboxylic acids is 1. The average Bonchev–Trinajstić information content (AvgIpc) is 3.08. The summed E-state index contributed by atoms with van der Waals surface area (Å²) >= 11 is 0. The summed E-state index contributed by atoms with van der Waals surface area (Å²) in [4.78, 5) is 17.0. The van der Waals surface area contributed by atoms with E-state index >= 15 is 0 Å². The molecule has 0 bridgehead atoms. The fourth-order valence-electron chi connectivity index (χ4n) is 4.06. The van der Waals surface area contributed by atoms with Gasteiger partial charge in [-0.3, -0.25) is 9.69 Å². The Bertz CT molecular complexity index is 845. The van der Waals surface area contributed by atoms with Crippen molar-refractivity contribution in [2.45, 2.75) is 25.4 Å². The van der Waals surface area contributed by atoms with Crippen molar-refractivity contribution < 1.29 is 14.3 Å². The van der Waals surface area contributed by atoms with Crippen LogP contribution in [-0.4, -0.2) is 48.2 Å². The second kappa shape index (κ2) is 6.32. The molecular weight excluding hydrogens is 328 g/mol. The van der Waals surface area contributed by atoms with E-state index in [-0.39, 0.29) is 12.7 Å². The van der Waals surface area contributed by atoms with Crippen LogP contribution in [0, 0.1) is 0 Å². The quantitative estimate of drug-likeness (QED) is 0.851. The van der Waals surface area contributed by atoms with E-state index < -0.39 is 0 Å². The second-order valence-corrected chi connectivity index (χ2v) is 7.31. The zero-order chi connectivity index (χ0) is 17.5. The molecule has 0 N–H and O–H groups in total. The molecule has 0 unspecified atom stereocenters. The topological polar surface area (TPSA) is 42.0 Å². The molecule has 0 aromatic heterocycles. The smallest absolute Gasteiger partial charge is 0.231 e. The molecule has 3 heterocycles. The maximum Gasteiger partial charge on any atom is 0.231 e. The van der Waals surface area contributed by atoms with Gasteiger partial charge in [-0.15, -0.1) is 0 Å². The summed E-state index contributed by atoms with van der Waals surface area (Å²) in [6.07, 6.45) is 1.53. The lowest BCUT2D eigenvalue weighted by molar-refractivity contribution is -0.138. The summed E-state index contributed by atoms with van der Waals surface area (Å²) in [5.41, 5.74) is 3.89. The first kappa shape index (κ1) is 15.7. The lowest BCUT2D eigenvalue weighted by Crippen LogP contribution is -2.61. The molecule has 3 aliphatic rings. The van der Waals surface area contributed by atoms with Crippen molar-refractivity contribution in [2.75, 3.05) is 26.4 Å². The van der Waals surface area contributed by atoms with E-state index in [1.165, 1.54) is 11.1 Å². The third kappa shape index (κ3) is 2.82. The van der Waals surface area contributed by atoms with Crippen molar-refractivity contribution in [3.63, 3.8) is 0 Å². The van der Waals surface area contributed by atoms with Crippen LogP contribution in [0.5, 0.6) is 11.5 Å². The Hall–Kier alpha value is -2.53. The number of amides is 1. The standard InChI is InChI=1S/C21H22N2O3/c24-21(10-15-5-6-19-20(9-15)26-14-25-19)23-12-18(13-23)22-8-7-16-3-1-2-4-17(16)11-22/h1-6,9,18H,7-8,10-14H2. The molecule has 0 atom stereocenters. The predicted octanol–water partition coefficient (Wildman–Crippen LogP) is 2.23. The molecule has 3 aliphatic heterocycles. The third-order valence-corrected chi connectivity index (χ3v) is 5.68. The van der Waals surface area contributed by atoms with Crippen LogP contribution >= 0.6 is 0 Å². The van der Waals surface area contributed by atoms with Crippen molar-refractivity contribution in [1.82, 2.24) is 9.80 Å². The van der Waals surface area contributed by atoms with Gasteiger partial charge in [0.2, 0.25) is 12.7 Å². The summed E-state index contributed by atoms with van der Waals surface area (Å²) < 4.78 is 10.7. The van der Waals surface area contributed by atoms with Gasteiger partial charge >= 0.3 is 0 Å². The lowest BCUT2D eigenvalue weighted by atomic mass is 9.96. The number of fused-ring (bicyclic) bond motifs is 2. The molecule has 1 amide bonds. The summed E-state index contributed by atoms with van der Waals surface area (Å²) in [5.74, 6) is 1.69. The summed E-state index contributed by atoms with van der Waals surface area (Å²) in [6.45, 7) is 4.04. The minimum Gasteiger partial charge on any atom is -0.454 e. The van der Waals surface area contributed by atoms with Crippen LogP contribution in [-0.2, 0) is 24.2 Å². The van der Waals surface area contributed by atoms with Crippen LogP contribution in [0.25, 0.3) is 0 Å². The van der Waals surface area contributed by atoms with E-state index in [1.807, 2.05) is 23.1 Å². The van der Waals surface area contributed by atoms with Crippen molar-refractivity contribution in [2.24, 2.45) is 0 Å². The molecule has 5 nitrogen and oxygen atoms in total. The average molecular weight is 350 g/mol. The van der Waals surface area contributed by atoms with E-state index in [0.717, 1.165) is 49.7 Å². The lowest BCUT2D eigenvalue weighted by Gasteiger charge is -2.47. The Balaban J connectivity index is 1.16. The van der Waals surface area contributed by atoms with Crippen LogP contribution in [0.4, 0.5) is 0 Å². The fourth-order valence-corrected chi connectivity index (χ4v) is 4.06. The van der Waals surface area contributed by atoms with Gasteiger partial charge in [-0.05, 0) is 35.2 Å². The predicted molar refractivity (Wildman–Crippen MR) is 97.2 cm³/mol. The van der Waals surface area contributed by atoms with Crippen molar-refractivity contribution in [3.05, 3.63) is 59.2 Å². The molecule has 2 aromatic carbocycles. The maximum absolute atomic E-state index is 12.6. The van der Waals surface area contributed by atoms with Crippen LogP contribution in [0.15, 0.2) is 42.5 Å². The van der Waals surface area contributed by atoms with E-state index in [2.05, 4.69) is 29.2 Å². The van der Waals surface area contributed by atoms with E-state index in [9.17, 15) is 4.79 Å². The highest BCUT2D eigenvalue weighted by atomic mass is 16.7. The third-order valence-electron chi connectivity index (χ3n) is 5.68. The fraction of sp³-hybridized carbons (Fsp3) is 0.381. The molecule has 0 radical (unpaired) electrons. The Morgan fingerprint density at radius 3 is 2.73 bits per heavy atom. The Morgan fingerprint density at radius 1 is 1.04 bits per heavy atom. The summed E-state index contributed by atoms with van der Waals surface area (Å²) in [6, 6.07) is 14.9. The van der Waals surface area contributed by atoms with E-state index in [1.54, 1.807) is 0 Å². The SMILES string of the molecule is O=C(Cc1ccc2c(c1)OCO2)N1CC(N2CCc3ccccc3C2)C1. The number of nitrogens with zero attached hydrogens (tertiary/aromatic N) is 2. The van der Waals surface area contributed by atoms with Gasteiger partial charge in [0.1, 0.15) is 0 Å². The van der Waals surface area contributed by atoms with Gasteiger partial charge in [-0.2, -0.15) is 0 Å². The number of hydrogen-bond donors (Lipinski definition) is 0. The molecular formula is C21H22N2O3. The minimum atomic E-state index is 0.192. The zero-order valence-corrected chi connectivity index (χ0v) is 14.7. The number of rotatable bonds is 3. The van der Waals surface area contributed by atoms with Gasteiger partial charge in [-0.1, -0.05) is 30.3 Å². The van der Waals surface area contributed by atoms with Gasteiger partial charge in [0.15, 0.2) is 11.5 Å². The first-order valence-corrected chi connectivity index (χ1v) is 9.23.